The molecule has 0 bridgehead atoms. The molecule has 0 aliphatic heterocycles. The largest absolute Gasteiger partial charge is 0.478 e. The van der Waals surface area contributed by atoms with E-state index in [9.17, 15) is 14.9 Å². The van der Waals surface area contributed by atoms with Crippen LogP contribution in [-0.4, -0.2) is 31.0 Å². The van der Waals surface area contributed by atoms with Gasteiger partial charge in [0.1, 0.15) is 0 Å². The Morgan fingerprint density at radius 2 is 2.17 bits per heavy atom. The van der Waals surface area contributed by atoms with Gasteiger partial charge in [-0.15, -0.1) is 5.10 Å². The first-order chi connectivity index (χ1) is 8.49. The molecule has 0 atom stereocenters. The van der Waals surface area contributed by atoms with Crippen molar-refractivity contribution in [2.75, 3.05) is 0 Å². The van der Waals surface area contributed by atoms with Gasteiger partial charge in [-0.25, -0.2) is 9.48 Å². The van der Waals surface area contributed by atoms with E-state index in [-0.39, 0.29) is 11.3 Å². The van der Waals surface area contributed by atoms with Crippen molar-refractivity contribution in [3.8, 4) is 11.3 Å². The number of carbonyl (C=O) groups is 1. The van der Waals surface area contributed by atoms with Crippen LogP contribution in [0.4, 0.5) is 5.69 Å². The summed E-state index contributed by atoms with van der Waals surface area (Å²) in [5.41, 5.74) is 0.446. The first kappa shape index (κ1) is 11.7. The van der Waals surface area contributed by atoms with Gasteiger partial charge in [0.25, 0.3) is 5.69 Å². The normalized spacial score (nSPS) is 10.3. The minimum absolute atomic E-state index is 0.152. The summed E-state index contributed by atoms with van der Waals surface area (Å²) in [7, 11) is 1.61. The van der Waals surface area contributed by atoms with Gasteiger partial charge in [-0.2, -0.15) is 0 Å². The van der Waals surface area contributed by atoms with Crippen LogP contribution < -0.4 is 0 Å². The average molecular weight is 248 g/mol. The van der Waals surface area contributed by atoms with Gasteiger partial charge >= 0.3 is 5.97 Å². The van der Waals surface area contributed by atoms with E-state index in [4.69, 9.17) is 5.11 Å². The number of benzene rings is 1. The highest BCUT2D eigenvalue weighted by atomic mass is 16.6. The zero-order chi connectivity index (χ0) is 13.3. The predicted octanol–water partition coefficient (Wildman–Crippen LogP) is 1.09. The van der Waals surface area contributed by atoms with Crippen molar-refractivity contribution in [1.29, 1.82) is 0 Å². The highest BCUT2D eigenvalue weighted by molar-refractivity contribution is 5.90. The smallest absolute Gasteiger partial charge is 0.335 e. The fraction of sp³-hybridized carbons (Fsp3) is 0.100. The Morgan fingerprint density at radius 1 is 1.44 bits per heavy atom. The maximum atomic E-state index is 10.9. The topological polar surface area (TPSA) is 111 Å². The van der Waals surface area contributed by atoms with E-state index in [0.29, 0.717) is 11.3 Å². The molecular formula is C10H8N4O4. The van der Waals surface area contributed by atoms with Gasteiger partial charge in [-0.05, 0) is 6.07 Å². The lowest BCUT2D eigenvalue weighted by atomic mass is 10.1. The molecule has 1 aromatic heterocycles. The van der Waals surface area contributed by atoms with Crippen LogP contribution in [0.1, 0.15) is 10.4 Å². The maximum Gasteiger partial charge on any atom is 0.335 e. The molecule has 1 aromatic carbocycles. The molecule has 0 aliphatic rings. The van der Waals surface area contributed by atoms with Gasteiger partial charge < -0.3 is 5.11 Å². The Bertz CT molecular complexity index is 602. The third-order valence-electron chi connectivity index (χ3n) is 2.39. The third-order valence-corrected chi connectivity index (χ3v) is 2.39. The fourth-order valence-electron chi connectivity index (χ4n) is 1.54. The number of hydrogen-bond acceptors (Lipinski definition) is 5. The summed E-state index contributed by atoms with van der Waals surface area (Å²) in [6, 6.07) is 3.63. The van der Waals surface area contributed by atoms with Crippen molar-refractivity contribution in [3.63, 3.8) is 0 Å². The molecule has 0 amide bonds. The van der Waals surface area contributed by atoms with Crippen molar-refractivity contribution in [2.24, 2.45) is 7.05 Å². The van der Waals surface area contributed by atoms with Crippen LogP contribution >= 0.6 is 0 Å². The summed E-state index contributed by atoms with van der Waals surface area (Å²) >= 11 is 0. The number of nitro benzene ring substituents is 1. The molecule has 0 radical (unpaired) electrons. The maximum absolute atomic E-state index is 10.9. The summed E-state index contributed by atoms with van der Waals surface area (Å²) < 4.78 is 1.41. The molecule has 0 aliphatic carbocycles. The minimum Gasteiger partial charge on any atom is -0.478 e. The number of carboxylic acids is 1. The lowest BCUT2D eigenvalue weighted by Gasteiger charge is -2.03. The highest BCUT2D eigenvalue weighted by Crippen LogP contribution is 2.25. The number of non-ortho nitro benzene ring substituents is 1. The predicted molar refractivity (Wildman–Crippen MR) is 60.1 cm³/mol. The van der Waals surface area contributed by atoms with Crippen molar-refractivity contribution in [2.45, 2.75) is 0 Å². The number of aromatic nitrogens is 3. The molecule has 2 rings (SSSR count). The second kappa shape index (κ2) is 4.24. The molecule has 92 valence electrons. The molecular weight excluding hydrogens is 240 g/mol. The number of nitrogens with zero attached hydrogens (tertiary/aromatic N) is 4. The van der Waals surface area contributed by atoms with Gasteiger partial charge in [0.2, 0.25) is 0 Å². The Hall–Kier alpha value is -2.77. The van der Waals surface area contributed by atoms with Gasteiger partial charge in [-0.1, -0.05) is 5.21 Å². The van der Waals surface area contributed by atoms with Crippen LogP contribution in [0, 0.1) is 10.1 Å². The summed E-state index contributed by atoms with van der Waals surface area (Å²) in [4.78, 5) is 21.0. The van der Waals surface area contributed by atoms with E-state index in [1.54, 1.807) is 7.05 Å². The Kier molecular flexibility index (Phi) is 2.76. The van der Waals surface area contributed by atoms with E-state index in [1.807, 2.05) is 0 Å². The molecule has 1 heterocycles. The van der Waals surface area contributed by atoms with Crippen LogP contribution in [-0.2, 0) is 7.05 Å². The van der Waals surface area contributed by atoms with Crippen LogP contribution in [0.25, 0.3) is 11.3 Å². The first-order valence-corrected chi connectivity index (χ1v) is 4.87. The van der Waals surface area contributed by atoms with Crippen LogP contribution in [0.5, 0.6) is 0 Å². The summed E-state index contributed by atoms with van der Waals surface area (Å²) in [5, 5.41) is 27.0. The zero-order valence-electron chi connectivity index (χ0n) is 9.27. The first-order valence-electron chi connectivity index (χ1n) is 4.87. The monoisotopic (exact) mass is 248 g/mol. The van der Waals surface area contributed by atoms with Gasteiger partial charge in [0, 0.05) is 24.7 Å². The molecule has 18 heavy (non-hydrogen) atoms. The number of aryl methyl sites for hydroxylation is 1. The highest BCUT2D eigenvalue weighted by Gasteiger charge is 2.16. The molecule has 8 nitrogen and oxygen atoms in total. The summed E-state index contributed by atoms with van der Waals surface area (Å²) in [6.45, 7) is 0. The summed E-state index contributed by atoms with van der Waals surface area (Å²) in [5.74, 6) is -1.23. The van der Waals surface area contributed by atoms with E-state index >= 15 is 0 Å². The van der Waals surface area contributed by atoms with Gasteiger partial charge in [0.05, 0.1) is 22.4 Å². The second-order valence-electron chi connectivity index (χ2n) is 3.57. The number of rotatable bonds is 3. The molecule has 0 unspecified atom stereocenters. The molecule has 0 fully saturated rings. The average Bonchev–Trinajstić information content (AvgIpc) is 2.74. The SMILES string of the molecule is Cn1nncc1-c1cc(C(=O)O)cc([N+](=O)[O-])c1. The summed E-state index contributed by atoms with van der Waals surface area (Å²) in [6.07, 6.45) is 1.41. The third kappa shape index (κ3) is 2.03. The van der Waals surface area contributed by atoms with Crippen molar-refractivity contribution < 1.29 is 14.8 Å². The number of nitro groups is 1. The number of carboxylic acid groups (broad SMARTS) is 1. The molecule has 0 saturated carbocycles. The van der Waals surface area contributed by atoms with Gasteiger partial charge in [0.15, 0.2) is 0 Å². The van der Waals surface area contributed by atoms with Crippen LogP contribution in [0.2, 0.25) is 0 Å². The molecule has 1 N–H and O–H groups in total. The van der Waals surface area contributed by atoms with Crippen LogP contribution in [0.3, 0.4) is 0 Å². The lowest BCUT2D eigenvalue weighted by Crippen LogP contribution is -2.01. The van der Waals surface area contributed by atoms with E-state index in [1.165, 1.54) is 23.0 Å². The minimum atomic E-state index is -1.23. The Balaban J connectivity index is 2.64. The molecule has 2 aromatic rings. The van der Waals surface area contributed by atoms with Gasteiger partial charge in [-0.3, -0.25) is 10.1 Å². The van der Waals surface area contributed by atoms with Crippen molar-refractivity contribution in [1.82, 2.24) is 15.0 Å². The Morgan fingerprint density at radius 3 is 2.67 bits per heavy atom. The number of hydrogen-bond donors (Lipinski definition) is 1. The Labute approximate surface area is 101 Å². The quantitative estimate of drug-likeness (QED) is 0.642. The zero-order valence-corrected chi connectivity index (χ0v) is 9.27. The van der Waals surface area contributed by atoms with Crippen LogP contribution in [0.15, 0.2) is 24.4 Å². The van der Waals surface area contributed by atoms with Crippen molar-refractivity contribution in [3.05, 3.63) is 40.1 Å². The lowest BCUT2D eigenvalue weighted by molar-refractivity contribution is -0.384. The van der Waals surface area contributed by atoms with Crippen molar-refractivity contribution >= 4 is 11.7 Å². The molecule has 0 spiro atoms. The standard InChI is InChI=1S/C10H8N4O4/c1-13-9(5-11-12-13)6-2-7(10(15)16)4-8(3-6)14(17)18/h2-5H,1H3,(H,15,16). The number of aromatic carboxylic acids is 1. The molecule has 8 heteroatoms. The van der Waals surface area contributed by atoms with E-state index in [0.717, 1.165) is 6.07 Å². The van der Waals surface area contributed by atoms with E-state index in [2.05, 4.69) is 10.3 Å². The molecule has 0 saturated heterocycles. The second-order valence-corrected chi connectivity index (χ2v) is 3.57. The van der Waals surface area contributed by atoms with E-state index < -0.39 is 10.9 Å². The fourth-order valence-corrected chi connectivity index (χ4v) is 1.54.